The highest BCUT2D eigenvalue weighted by Gasteiger charge is 2.29. The SMILES string of the molecule is O=C(Cn1c(CNC(=O)C2CC2)nc2ccccc21)c1ccccc1. The van der Waals surface area contributed by atoms with Crippen molar-refractivity contribution in [3.05, 3.63) is 66.0 Å². The zero-order chi connectivity index (χ0) is 17.2. The van der Waals surface area contributed by atoms with Gasteiger partial charge >= 0.3 is 0 Å². The summed E-state index contributed by atoms with van der Waals surface area (Å²) in [5.41, 5.74) is 2.41. The van der Waals surface area contributed by atoms with Crippen molar-refractivity contribution in [3.8, 4) is 0 Å². The van der Waals surface area contributed by atoms with Crippen molar-refractivity contribution < 1.29 is 9.59 Å². The van der Waals surface area contributed by atoms with E-state index < -0.39 is 0 Å². The van der Waals surface area contributed by atoms with Crippen LogP contribution in [0.5, 0.6) is 0 Å². The summed E-state index contributed by atoms with van der Waals surface area (Å²) >= 11 is 0. The third kappa shape index (κ3) is 3.31. The zero-order valence-corrected chi connectivity index (χ0v) is 13.8. The smallest absolute Gasteiger partial charge is 0.223 e. The van der Waals surface area contributed by atoms with E-state index in [2.05, 4.69) is 10.3 Å². The maximum Gasteiger partial charge on any atom is 0.223 e. The number of ketones is 1. The molecule has 0 unspecified atom stereocenters. The van der Waals surface area contributed by atoms with Crippen LogP contribution in [0.2, 0.25) is 0 Å². The molecule has 1 aromatic heterocycles. The number of carbonyl (C=O) groups excluding carboxylic acids is 2. The summed E-state index contributed by atoms with van der Waals surface area (Å²) in [6, 6.07) is 17.0. The molecule has 5 nitrogen and oxygen atoms in total. The lowest BCUT2D eigenvalue weighted by Crippen LogP contribution is -2.26. The Morgan fingerprint density at radius 2 is 1.76 bits per heavy atom. The first kappa shape index (κ1) is 15.6. The molecule has 0 radical (unpaired) electrons. The van der Waals surface area contributed by atoms with Crippen molar-refractivity contribution in [2.45, 2.75) is 25.9 Å². The molecule has 1 heterocycles. The van der Waals surface area contributed by atoms with Crippen LogP contribution < -0.4 is 5.32 Å². The standard InChI is InChI=1S/C20H19N3O2/c24-18(14-6-2-1-3-7-14)13-23-17-9-5-4-8-16(17)22-19(23)12-21-20(25)15-10-11-15/h1-9,15H,10-13H2,(H,21,25). The lowest BCUT2D eigenvalue weighted by atomic mass is 10.1. The van der Waals surface area contributed by atoms with Crippen LogP contribution in [-0.4, -0.2) is 21.2 Å². The molecule has 0 saturated heterocycles. The summed E-state index contributed by atoms with van der Waals surface area (Å²) in [6.07, 6.45) is 1.93. The predicted molar refractivity (Wildman–Crippen MR) is 95.1 cm³/mol. The first-order valence-corrected chi connectivity index (χ1v) is 8.52. The van der Waals surface area contributed by atoms with Crippen molar-refractivity contribution in [3.63, 3.8) is 0 Å². The second-order valence-electron chi connectivity index (χ2n) is 6.38. The fourth-order valence-corrected chi connectivity index (χ4v) is 2.95. The minimum absolute atomic E-state index is 0.0264. The molecule has 4 rings (SSSR count). The van der Waals surface area contributed by atoms with E-state index in [-0.39, 0.29) is 24.2 Å². The van der Waals surface area contributed by atoms with Gasteiger partial charge in [0.2, 0.25) is 5.91 Å². The highest BCUT2D eigenvalue weighted by molar-refractivity contribution is 5.96. The van der Waals surface area contributed by atoms with Gasteiger partial charge in [0.15, 0.2) is 5.78 Å². The molecule has 3 aromatic rings. The van der Waals surface area contributed by atoms with Gasteiger partial charge in [-0.05, 0) is 25.0 Å². The topological polar surface area (TPSA) is 64.0 Å². The molecule has 2 aromatic carbocycles. The minimum atomic E-state index is 0.0264. The molecule has 1 amide bonds. The van der Waals surface area contributed by atoms with Crippen molar-refractivity contribution in [2.24, 2.45) is 5.92 Å². The number of fused-ring (bicyclic) bond motifs is 1. The Balaban J connectivity index is 1.62. The molecule has 0 aliphatic heterocycles. The van der Waals surface area contributed by atoms with E-state index in [4.69, 9.17) is 0 Å². The number of carbonyl (C=O) groups is 2. The van der Waals surface area contributed by atoms with Crippen LogP contribution in [-0.2, 0) is 17.9 Å². The van der Waals surface area contributed by atoms with E-state index in [1.165, 1.54) is 0 Å². The van der Waals surface area contributed by atoms with E-state index in [9.17, 15) is 9.59 Å². The Morgan fingerprint density at radius 3 is 2.52 bits per heavy atom. The Kier molecular flexibility index (Phi) is 4.06. The highest BCUT2D eigenvalue weighted by Crippen LogP contribution is 2.28. The number of para-hydroxylation sites is 2. The molecule has 126 valence electrons. The van der Waals surface area contributed by atoms with Gasteiger partial charge in [-0.3, -0.25) is 9.59 Å². The number of nitrogens with one attached hydrogen (secondary N) is 1. The molecule has 0 atom stereocenters. The Labute approximate surface area is 145 Å². The van der Waals surface area contributed by atoms with E-state index in [1.807, 2.05) is 59.2 Å². The molecule has 1 N–H and O–H groups in total. The van der Waals surface area contributed by atoms with Crippen molar-refractivity contribution >= 4 is 22.7 Å². The third-order valence-corrected chi connectivity index (χ3v) is 4.50. The fraction of sp³-hybridized carbons (Fsp3) is 0.250. The van der Waals surface area contributed by atoms with Gasteiger partial charge in [-0.2, -0.15) is 0 Å². The van der Waals surface area contributed by atoms with Gasteiger partial charge in [0, 0.05) is 11.5 Å². The fourth-order valence-electron chi connectivity index (χ4n) is 2.95. The summed E-state index contributed by atoms with van der Waals surface area (Å²) in [5, 5.41) is 2.94. The molecule has 1 aliphatic rings. The van der Waals surface area contributed by atoms with Crippen molar-refractivity contribution in [1.82, 2.24) is 14.9 Å². The van der Waals surface area contributed by atoms with Crippen LogP contribution in [0.4, 0.5) is 0 Å². The van der Waals surface area contributed by atoms with Gasteiger partial charge in [0.1, 0.15) is 5.82 Å². The number of Topliss-reactive ketones (excluding diaryl/α,β-unsaturated/α-hetero) is 1. The van der Waals surface area contributed by atoms with Crippen LogP contribution in [0.25, 0.3) is 11.0 Å². The first-order valence-electron chi connectivity index (χ1n) is 8.52. The Morgan fingerprint density at radius 1 is 1.04 bits per heavy atom. The average Bonchev–Trinajstić information content (AvgIpc) is 3.44. The maximum absolute atomic E-state index is 12.6. The van der Waals surface area contributed by atoms with Gasteiger partial charge in [-0.25, -0.2) is 4.98 Å². The van der Waals surface area contributed by atoms with E-state index in [0.29, 0.717) is 17.9 Å². The number of hydrogen-bond donors (Lipinski definition) is 1. The number of aromatic nitrogens is 2. The van der Waals surface area contributed by atoms with E-state index in [0.717, 1.165) is 23.9 Å². The number of hydrogen-bond acceptors (Lipinski definition) is 3. The lowest BCUT2D eigenvalue weighted by molar-refractivity contribution is -0.122. The molecule has 5 heteroatoms. The van der Waals surface area contributed by atoms with Crippen LogP contribution in [0, 0.1) is 5.92 Å². The van der Waals surface area contributed by atoms with Crippen molar-refractivity contribution in [2.75, 3.05) is 0 Å². The summed E-state index contributed by atoms with van der Waals surface area (Å²) in [6.45, 7) is 0.547. The number of amides is 1. The van der Waals surface area contributed by atoms with Gasteiger partial charge < -0.3 is 9.88 Å². The van der Waals surface area contributed by atoms with Crippen molar-refractivity contribution in [1.29, 1.82) is 0 Å². The largest absolute Gasteiger partial charge is 0.349 e. The van der Waals surface area contributed by atoms with E-state index >= 15 is 0 Å². The van der Waals surface area contributed by atoms with Gasteiger partial charge in [-0.1, -0.05) is 42.5 Å². The first-order chi connectivity index (χ1) is 12.2. The second-order valence-corrected chi connectivity index (χ2v) is 6.38. The van der Waals surface area contributed by atoms with Crippen LogP contribution in [0.1, 0.15) is 29.0 Å². The van der Waals surface area contributed by atoms with Gasteiger partial charge in [0.05, 0.1) is 24.1 Å². The van der Waals surface area contributed by atoms with Gasteiger partial charge in [-0.15, -0.1) is 0 Å². The third-order valence-electron chi connectivity index (χ3n) is 4.50. The van der Waals surface area contributed by atoms with Gasteiger partial charge in [0.25, 0.3) is 0 Å². The van der Waals surface area contributed by atoms with Crippen LogP contribution in [0.3, 0.4) is 0 Å². The highest BCUT2D eigenvalue weighted by atomic mass is 16.2. The minimum Gasteiger partial charge on any atom is -0.349 e. The average molecular weight is 333 g/mol. The molecular formula is C20H19N3O2. The molecule has 1 fully saturated rings. The predicted octanol–water partition coefficient (Wildman–Crippen LogP) is 2.95. The summed E-state index contributed by atoms with van der Waals surface area (Å²) in [4.78, 5) is 29.2. The normalized spacial score (nSPS) is 13.8. The number of benzene rings is 2. The molecular weight excluding hydrogens is 314 g/mol. The second kappa shape index (κ2) is 6.51. The summed E-state index contributed by atoms with van der Waals surface area (Å²) in [7, 11) is 0. The Bertz CT molecular complexity index is 927. The van der Waals surface area contributed by atoms with E-state index in [1.54, 1.807) is 0 Å². The number of imidazole rings is 1. The molecule has 1 saturated carbocycles. The maximum atomic E-state index is 12.6. The zero-order valence-electron chi connectivity index (χ0n) is 13.8. The monoisotopic (exact) mass is 333 g/mol. The van der Waals surface area contributed by atoms with Crippen LogP contribution in [0.15, 0.2) is 54.6 Å². The molecule has 25 heavy (non-hydrogen) atoms. The molecule has 0 spiro atoms. The number of nitrogens with zero attached hydrogens (tertiary/aromatic N) is 2. The lowest BCUT2D eigenvalue weighted by Gasteiger charge is -2.10. The van der Waals surface area contributed by atoms with Crippen LogP contribution >= 0.6 is 0 Å². The number of rotatable bonds is 6. The summed E-state index contributed by atoms with van der Waals surface area (Å²) < 4.78 is 1.90. The quantitative estimate of drug-likeness (QED) is 0.706. The summed E-state index contributed by atoms with van der Waals surface area (Å²) in [5.74, 6) is 0.967. The molecule has 0 bridgehead atoms. The molecule has 1 aliphatic carbocycles. The Hall–Kier alpha value is -2.95.